The van der Waals surface area contributed by atoms with Gasteiger partial charge in [-0.25, -0.2) is 4.98 Å². The van der Waals surface area contributed by atoms with Gasteiger partial charge in [0, 0.05) is 18.3 Å². The second-order valence-electron chi connectivity index (χ2n) is 5.21. The molecule has 1 aliphatic carbocycles. The van der Waals surface area contributed by atoms with Crippen LogP contribution < -0.4 is 10.5 Å². The maximum atomic E-state index is 6.09. The Morgan fingerprint density at radius 1 is 1.33 bits per heavy atom. The van der Waals surface area contributed by atoms with Gasteiger partial charge in [-0.3, -0.25) is 0 Å². The summed E-state index contributed by atoms with van der Waals surface area (Å²) in [5.74, 6) is 1.45. The molecular weight excluding hydrogens is 224 g/mol. The van der Waals surface area contributed by atoms with Crippen LogP contribution in [0.1, 0.15) is 50.3 Å². The highest BCUT2D eigenvalue weighted by Crippen LogP contribution is 2.30. The number of aryl methyl sites for hydroxylation is 1. The standard InChI is InChI=1S/C15H24N2O/c1-3-12-6-4-5-7-14(12)18-15-9-8-13(10-16)11(2)17-15/h8-9,12,14H,3-7,10,16H2,1-2H3. The van der Waals surface area contributed by atoms with E-state index in [9.17, 15) is 0 Å². The predicted octanol–water partition coefficient (Wildman–Crippen LogP) is 3.20. The average Bonchev–Trinajstić information content (AvgIpc) is 2.39. The van der Waals surface area contributed by atoms with Crippen molar-refractivity contribution in [2.24, 2.45) is 11.7 Å². The van der Waals surface area contributed by atoms with E-state index in [1.54, 1.807) is 0 Å². The molecular formula is C15H24N2O. The summed E-state index contributed by atoms with van der Waals surface area (Å²) < 4.78 is 6.09. The third-order valence-corrected chi connectivity index (χ3v) is 4.03. The molecule has 0 aromatic carbocycles. The smallest absolute Gasteiger partial charge is 0.213 e. The quantitative estimate of drug-likeness (QED) is 0.890. The molecule has 0 amide bonds. The first-order valence-corrected chi connectivity index (χ1v) is 7.07. The van der Waals surface area contributed by atoms with Gasteiger partial charge in [0.1, 0.15) is 6.10 Å². The fraction of sp³-hybridized carbons (Fsp3) is 0.667. The summed E-state index contributed by atoms with van der Waals surface area (Å²) in [5, 5.41) is 0. The van der Waals surface area contributed by atoms with E-state index in [2.05, 4.69) is 11.9 Å². The first-order valence-electron chi connectivity index (χ1n) is 7.07. The van der Waals surface area contributed by atoms with Crippen molar-refractivity contribution in [1.29, 1.82) is 0 Å². The van der Waals surface area contributed by atoms with E-state index in [4.69, 9.17) is 10.5 Å². The number of nitrogens with two attached hydrogens (primary N) is 1. The van der Waals surface area contributed by atoms with Crippen molar-refractivity contribution in [3.8, 4) is 5.88 Å². The molecule has 100 valence electrons. The molecule has 3 nitrogen and oxygen atoms in total. The minimum atomic E-state index is 0.347. The molecule has 1 heterocycles. The van der Waals surface area contributed by atoms with Crippen molar-refractivity contribution < 1.29 is 4.74 Å². The Balaban J connectivity index is 2.05. The summed E-state index contributed by atoms with van der Waals surface area (Å²) in [6, 6.07) is 3.98. The molecule has 1 aromatic rings. The van der Waals surface area contributed by atoms with Gasteiger partial charge in [-0.1, -0.05) is 19.4 Å². The maximum absolute atomic E-state index is 6.09. The van der Waals surface area contributed by atoms with Crippen molar-refractivity contribution in [2.45, 2.75) is 58.6 Å². The van der Waals surface area contributed by atoms with Gasteiger partial charge in [0.05, 0.1) is 0 Å². The Hall–Kier alpha value is -1.09. The third-order valence-electron chi connectivity index (χ3n) is 4.03. The summed E-state index contributed by atoms with van der Waals surface area (Å²) in [6.07, 6.45) is 6.63. The number of pyridine rings is 1. The first kappa shape index (κ1) is 13.3. The monoisotopic (exact) mass is 248 g/mol. The lowest BCUT2D eigenvalue weighted by molar-refractivity contribution is 0.0857. The van der Waals surface area contributed by atoms with Gasteiger partial charge in [0.25, 0.3) is 0 Å². The summed E-state index contributed by atoms with van der Waals surface area (Å²) in [6.45, 7) is 4.79. The number of ether oxygens (including phenoxy) is 1. The van der Waals surface area contributed by atoms with E-state index in [-0.39, 0.29) is 0 Å². The number of aromatic nitrogens is 1. The zero-order valence-corrected chi connectivity index (χ0v) is 11.5. The lowest BCUT2D eigenvalue weighted by atomic mass is 9.85. The Morgan fingerprint density at radius 2 is 2.11 bits per heavy atom. The van der Waals surface area contributed by atoms with Gasteiger partial charge in [-0.2, -0.15) is 0 Å². The minimum Gasteiger partial charge on any atom is -0.474 e. The molecule has 1 saturated carbocycles. The third kappa shape index (κ3) is 3.02. The summed E-state index contributed by atoms with van der Waals surface area (Å²) >= 11 is 0. The van der Waals surface area contributed by atoms with E-state index in [0.29, 0.717) is 18.6 Å². The van der Waals surface area contributed by atoms with Crippen LogP contribution in [-0.4, -0.2) is 11.1 Å². The number of rotatable bonds is 4. The van der Waals surface area contributed by atoms with Crippen LogP contribution in [0, 0.1) is 12.8 Å². The summed E-state index contributed by atoms with van der Waals surface area (Å²) in [5.41, 5.74) is 7.73. The zero-order chi connectivity index (χ0) is 13.0. The molecule has 1 fully saturated rings. The van der Waals surface area contributed by atoms with Crippen molar-refractivity contribution in [2.75, 3.05) is 0 Å². The van der Waals surface area contributed by atoms with Gasteiger partial charge >= 0.3 is 0 Å². The normalized spacial score (nSPS) is 23.9. The van der Waals surface area contributed by atoms with E-state index in [1.807, 2.05) is 19.1 Å². The Labute approximate surface area is 110 Å². The van der Waals surface area contributed by atoms with Crippen LogP contribution in [0.3, 0.4) is 0 Å². The second-order valence-corrected chi connectivity index (χ2v) is 5.21. The van der Waals surface area contributed by atoms with Gasteiger partial charge in [0.2, 0.25) is 5.88 Å². The topological polar surface area (TPSA) is 48.1 Å². The van der Waals surface area contributed by atoms with E-state index >= 15 is 0 Å². The lowest BCUT2D eigenvalue weighted by Gasteiger charge is -2.30. The Kier molecular flexibility index (Phi) is 4.59. The fourth-order valence-electron chi connectivity index (χ4n) is 2.80. The lowest BCUT2D eigenvalue weighted by Crippen LogP contribution is -2.30. The largest absolute Gasteiger partial charge is 0.474 e. The Bertz CT molecular complexity index is 392. The van der Waals surface area contributed by atoms with Crippen molar-refractivity contribution in [3.05, 3.63) is 23.4 Å². The Morgan fingerprint density at radius 3 is 2.78 bits per heavy atom. The van der Waals surface area contributed by atoms with Crippen molar-refractivity contribution in [3.63, 3.8) is 0 Å². The molecule has 2 atom stereocenters. The molecule has 0 radical (unpaired) electrons. The average molecular weight is 248 g/mol. The molecule has 2 unspecified atom stereocenters. The second kappa shape index (κ2) is 6.19. The fourth-order valence-corrected chi connectivity index (χ4v) is 2.80. The van der Waals surface area contributed by atoms with Gasteiger partial charge < -0.3 is 10.5 Å². The van der Waals surface area contributed by atoms with E-state index in [1.165, 1.54) is 25.7 Å². The number of nitrogens with zero attached hydrogens (tertiary/aromatic N) is 1. The first-order chi connectivity index (χ1) is 8.74. The van der Waals surface area contributed by atoms with E-state index < -0.39 is 0 Å². The number of hydrogen-bond acceptors (Lipinski definition) is 3. The molecule has 1 aromatic heterocycles. The minimum absolute atomic E-state index is 0.347. The van der Waals surface area contributed by atoms with Crippen LogP contribution in [0.25, 0.3) is 0 Å². The van der Waals surface area contributed by atoms with Gasteiger partial charge in [-0.05, 0) is 44.1 Å². The molecule has 18 heavy (non-hydrogen) atoms. The highest BCUT2D eigenvalue weighted by Gasteiger charge is 2.25. The van der Waals surface area contributed by atoms with Crippen molar-refractivity contribution >= 4 is 0 Å². The molecule has 0 aliphatic heterocycles. The highest BCUT2D eigenvalue weighted by molar-refractivity contribution is 5.24. The van der Waals surface area contributed by atoms with Crippen LogP contribution in [0.2, 0.25) is 0 Å². The maximum Gasteiger partial charge on any atom is 0.213 e. The summed E-state index contributed by atoms with van der Waals surface area (Å²) in [7, 11) is 0. The van der Waals surface area contributed by atoms with Crippen LogP contribution in [-0.2, 0) is 6.54 Å². The number of hydrogen-bond donors (Lipinski definition) is 1. The molecule has 1 aliphatic rings. The van der Waals surface area contributed by atoms with Gasteiger partial charge in [-0.15, -0.1) is 0 Å². The van der Waals surface area contributed by atoms with Crippen LogP contribution in [0.5, 0.6) is 5.88 Å². The molecule has 0 bridgehead atoms. The van der Waals surface area contributed by atoms with Crippen LogP contribution >= 0.6 is 0 Å². The van der Waals surface area contributed by atoms with Crippen LogP contribution in [0.4, 0.5) is 0 Å². The molecule has 0 saturated heterocycles. The molecule has 0 spiro atoms. The van der Waals surface area contributed by atoms with Gasteiger partial charge in [0.15, 0.2) is 0 Å². The SMILES string of the molecule is CCC1CCCCC1Oc1ccc(CN)c(C)n1. The summed E-state index contributed by atoms with van der Waals surface area (Å²) in [4.78, 5) is 4.50. The molecule has 2 rings (SSSR count). The highest BCUT2D eigenvalue weighted by atomic mass is 16.5. The van der Waals surface area contributed by atoms with Crippen molar-refractivity contribution in [1.82, 2.24) is 4.98 Å². The predicted molar refractivity (Wildman–Crippen MR) is 73.5 cm³/mol. The van der Waals surface area contributed by atoms with Crippen LogP contribution in [0.15, 0.2) is 12.1 Å². The van der Waals surface area contributed by atoms with E-state index in [0.717, 1.165) is 23.6 Å². The molecule has 2 N–H and O–H groups in total. The molecule has 3 heteroatoms. The zero-order valence-electron chi connectivity index (χ0n) is 11.5.